The molecule has 0 saturated carbocycles. The molecule has 0 spiro atoms. The summed E-state index contributed by atoms with van der Waals surface area (Å²) in [6.07, 6.45) is 3.66. The van der Waals surface area contributed by atoms with Crippen LogP contribution in [0.4, 0.5) is 5.69 Å². The van der Waals surface area contributed by atoms with Crippen molar-refractivity contribution in [2.24, 2.45) is 0 Å². The molecule has 2 aromatic rings. The van der Waals surface area contributed by atoms with Crippen molar-refractivity contribution in [2.75, 3.05) is 18.5 Å². The van der Waals surface area contributed by atoms with E-state index in [1.54, 1.807) is 12.3 Å². The first-order valence-corrected chi connectivity index (χ1v) is 8.43. The van der Waals surface area contributed by atoms with Crippen molar-refractivity contribution in [3.05, 3.63) is 30.6 Å². The number of aryl methyl sites for hydroxylation is 1. The molecule has 0 aliphatic carbocycles. The van der Waals surface area contributed by atoms with Crippen molar-refractivity contribution in [1.82, 2.24) is 9.55 Å². The van der Waals surface area contributed by atoms with Gasteiger partial charge in [-0.3, -0.25) is 4.79 Å². The molecule has 7 heteroatoms. The van der Waals surface area contributed by atoms with Gasteiger partial charge in [-0.25, -0.2) is 4.98 Å². The lowest BCUT2D eigenvalue weighted by Gasteiger charge is -2.19. The molecule has 1 aromatic carbocycles. The van der Waals surface area contributed by atoms with Gasteiger partial charge in [0.2, 0.25) is 5.91 Å². The van der Waals surface area contributed by atoms with E-state index in [0.29, 0.717) is 30.4 Å². The number of carbonyl (C=O) groups is 1. The largest absolute Gasteiger partial charge is 0.486 e. The molecule has 2 heterocycles. The van der Waals surface area contributed by atoms with Crippen LogP contribution < -0.4 is 14.8 Å². The summed E-state index contributed by atoms with van der Waals surface area (Å²) < 4.78 is 13.0. The Morgan fingerprint density at radius 3 is 2.96 bits per heavy atom. The number of hydrogen-bond acceptors (Lipinski definition) is 5. The molecule has 1 aliphatic heterocycles. The van der Waals surface area contributed by atoms with Crippen molar-refractivity contribution >= 4 is 23.4 Å². The fraction of sp³-hybridized carbons (Fsp3) is 0.375. The van der Waals surface area contributed by atoms with E-state index in [2.05, 4.69) is 10.3 Å². The van der Waals surface area contributed by atoms with Crippen molar-refractivity contribution in [1.29, 1.82) is 0 Å². The maximum atomic E-state index is 12.4. The van der Waals surface area contributed by atoms with Crippen LogP contribution in [0.3, 0.4) is 0 Å². The van der Waals surface area contributed by atoms with Gasteiger partial charge in [0, 0.05) is 30.7 Å². The molecule has 0 radical (unpaired) electrons. The van der Waals surface area contributed by atoms with Gasteiger partial charge in [0.25, 0.3) is 0 Å². The summed E-state index contributed by atoms with van der Waals surface area (Å²) in [5, 5.41) is 3.50. The summed E-state index contributed by atoms with van der Waals surface area (Å²) in [5.41, 5.74) is 0.700. The van der Waals surface area contributed by atoms with Crippen LogP contribution in [0.1, 0.15) is 13.8 Å². The lowest BCUT2D eigenvalue weighted by molar-refractivity contribution is -0.115. The number of carbonyl (C=O) groups excluding carboxylic acids is 1. The number of hydrogen-bond donors (Lipinski definition) is 1. The molecule has 1 amide bonds. The van der Waals surface area contributed by atoms with E-state index >= 15 is 0 Å². The number of aromatic nitrogens is 2. The normalized spacial score (nSPS) is 14.3. The summed E-state index contributed by atoms with van der Waals surface area (Å²) in [6.45, 7) is 5.82. The fourth-order valence-corrected chi connectivity index (χ4v) is 3.16. The molecule has 0 fully saturated rings. The van der Waals surface area contributed by atoms with E-state index in [0.717, 1.165) is 11.7 Å². The lowest BCUT2D eigenvalue weighted by Crippen LogP contribution is -2.23. The summed E-state index contributed by atoms with van der Waals surface area (Å²) in [7, 11) is 0. The van der Waals surface area contributed by atoms with E-state index in [1.807, 2.05) is 36.7 Å². The minimum absolute atomic E-state index is 0.0719. The first kappa shape index (κ1) is 15.7. The molecule has 1 aromatic heterocycles. The Balaban J connectivity index is 1.64. The molecule has 6 nitrogen and oxygen atoms in total. The number of ether oxygens (including phenoxy) is 2. The number of nitrogens with one attached hydrogen (secondary N) is 1. The average molecular weight is 333 g/mol. The third kappa shape index (κ3) is 3.61. The van der Waals surface area contributed by atoms with E-state index in [1.165, 1.54) is 11.8 Å². The number of imidazole rings is 1. The van der Waals surface area contributed by atoms with Crippen LogP contribution in [0.5, 0.6) is 11.5 Å². The zero-order valence-corrected chi connectivity index (χ0v) is 13.9. The van der Waals surface area contributed by atoms with E-state index < -0.39 is 0 Å². The van der Waals surface area contributed by atoms with Crippen LogP contribution in [0.15, 0.2) is 35.7 Å². The smallest absolute Gasteiger partial charge is 0.237 e. The zero-order valence-electron chi connectivity index (χ0n) is 13.1. The van der Waals surface area contributed by atoms with Crippen LogP contribution >= 0.6 is 11.8 Å². The second kappa shape index (κ2) is 6.95. The van der Waals surface area contributed by atoms with Crippen LogP contribution in [-0.4, -0.2) is 33.9 Å². The van der Waals surface area contributed by atoms with E-state index in [-0.39, 0.29) is 11.2 Å². The zero-order chi connectivity index (χ0) is 16.2. The number of rotatable bonds is 5. The summed E-state index contributed by atoms with van der Waals surface area (Å²) in [4.78, 5) is 16.6. The van der Waals surface area contributed by atoms with Crippen LogP contribution in [-0.2, 0) is 11.3 Å². The number of thioether (sulfide) groups is 1. The van der Waals surface area contributed by atoms with Gasteiger partial charge >= 0.3 is 0 Å². The summed E-state index contributed by atoms with van der Waals surface area (Å²) in [5.74, 6) is 1.30. The average Bonchev–Trinajstić information content (AvgIpc) is 3.01. The van der Waals surface area contributed by atoms with Crippen LogP contribution in [0.2, 0.25) is 0 Å². The van der Waals surface area contributed by atoms with Gasteiger partial charge < -0.3 is 19.4 Å². The third-order valence-corrected chi connectivity index (χ3v) is 4.60. The monoisotopic (exact) mass is 333 g/mol. The highest BCUT2D eigenvalue weighted by Crippen LogP contribution is 2.33. The fourth-order valence-electron chi connectivity index (χ4n) is 2.23. The van der Waals surface area contributed by atoms with Crippen molar-refractivity contribution in [3.8, 4) is 11.5 Å². The first-order chi connectivity index (χ1) is 11.2. The molecule has 1 N–H and O–H groups in total. The van der Waals surface area contributed by atoms with Gasteiger partial charge in [-0.2, -0.15) is 0 Å². The summed E-state index contributed by atoms with van der Waals surface area (Å²) >= 11 is 1.44. The Morgan fingerprint density at radius 1 is 1.39 bits per heavy atom. The molecule has 1 aliphatic rings. The lowest BCUT2D eigenvalue weighted by atomic mass is 10.2. The van der Waals surface area contributed by atoms with E-state index in [9.17, 15) is 4.79 Å². The van der Waals surface area contributed by atoms with Gasteiger partial charge in [-0.1, -0.05) is 11.8 Å². The number of amides is 1. The molecule has 122 valence electrons. The number of nitrogens with zero attached hydrogens (tertiary/aromatic N) is 2. The standard InChI is InChI=1S/C16H19N3O3S/c1-3-19-7-6-17-16(19)23-11(2)15(20)18-12-4-5-13-14(10-12)22-9-8-21-13/h4-7,10-11H,3,8-9H2,1-2H3,(H,18,20). The molecule has 23 heavy (non-hydrogen) atoms. The maximum absolute atomic E-state index is 12.4. The van der Waals surface area contributed by atoms with Crippen molar-refractivity contribution in [3.63, 3.8) is 0 Å². The van der Waals surface area contributed by atoms with Crippen LogP contribution in [0.25, 0.3) is 0 Å². The number of anilines is 1. The first-order valence-electron chi connectivity index (χ1n) is 7.55. The Bertz CT molecular complexity index is 702. The minimum atomic E-state index is -0.254. The predicted molar refractivity (Wildman–Crippen MR) is 89.3 cm³/mol. The second-order valence-electron chi connectivity index (χ2n) is 5.10. The molecular formula is C16H19N3O3S. The predicted octanol–water partition coefficient (Wildman–Crippen LogP) is 2.79. The van der Waals surface area contributed by atoms with Gasteiger partial charge in [-0.05, 0) is 26.0 Å². The molecule has 0 saturated heterocycles. The Hall–Kier alpha value is -2.15. The van der Waals surface area contributed by atoms with Gasteiger partial charge in [0.15, 0.2) is 16.7 Å². The topological polar surface area (TPSA) is 65.4 Å². The molecule has 3 rings (SSSR count). The van der Waals surface area contributed by atoms with Crippen LogP contribution in [0, 0.1) is 0 Å². The van der Waals surface area contributed by atoms with Crippen molar-refractivity contribution in [2.45, 2.75) is 30.8 Å². The Kier molecular flexibility index (Phi) is 4.76. The summed E-state index contributed by atoms with van der Waals surface area (Å²) in [6, 6.07) is 5.41. The Morgan fingerprint density at radius 2 is 2.17 bits per heavy atom. The SMILES string of the molecule is CCn1ccnc1SC(C)C(=O)Nc1ccc2c(c1)OCCO2. The van der Waals surface area contributed by atoms with Gasteiger partial charge in [0.1, 0.15) is 13.2 Å². The highest BCUT2D eigenvalue weighted by molar-refractivity contribution is 8.00. The quantitative estimate of drug-likeness (QED) is 0.852. The minimum Gasteiger partial charge on any atom is -0.486 e. The molecular weight excluding hydrogens is 314 g/mol. The second-order valence-corrected chi connectivity index (χ2v) is 6.41. The van der Waals surface area contributed by atoms with Crippen molar-refractivity contribution < 1.29 is 14.3 Å². The molecule has 1 atom stereocenters. The number of benzene rings is 1. The third-order valence-electron chi connectivity index (χ3n) is 3.48. The maximum Gasteiger partial charge on any atom is 0.237 e. The molecule has 0 bridgehead atoms. The molecule has 1 unspecified atom stereocenters. The highest BCUT2D eigenvalue weighted by Gasteiger charge is 2.18. The van der Waals surface area contributed by atoms with Gasteiger partial charge in [-0.15, -0.1) is 0 Å². The Labute approximate surface area is 139 Å². The van der Waals surface area contributed by atoms with E-state index in [4.69, 9.17) is 9.47 Å². The highest BCUT2D eigenvalue weighted by atomic mass is 32.2. The number of fused-ring (bicyclic) bond motifs is 1. The van der Waals surface area contributed by atoms with Gasteiger partial charge in [0.05, 0.1) is 5.25 Å².